The highest BCUT2D eigenvalue weighted by molar-refractivity contribution is 9.10. The number of halogens is 2. The quantitative estimate of drug-likeness (QED) is 0.658. The zero-order valence-corrected chi connectivity index (χ0v) is 13.9. The van der Waals surface area contributed by atoms with Crippen LogP contribution in [0.15, 0.2) is 46.9 Å². The predicted molar refractivity (Wildman–Crippen MR) is 91.6 cm³/mol. The topological polar surface area (TPSA) is 50.2 Å². The monoisotopic (exact) mass is 375 g/mol. The summed E-state index contributed by atoms with van der Waals surface area (Å²) in [7, 11) is 0. The van der Waals surface area contributed by atoms with Gasteiger partial charge in [-0.3, -0.25) is 0 Å². The van der Waals surface area contributed by atoms with Crippen LogP contribution in [0.5, 0.6) is 0 Å². The highest BCUT2D eigenvalue weighted by Crippen LogP contribution is 2.32. The lowest BCUT2D eigenvalue weighted by atomic mass is 9.98. The molecule has 0 amide bonds. The highest BCUT2D eigenvalue weighted by Gasteiger charge is 2.18. The molecule has 1 aromatic heterocycles. The zero-order chi connectivity index (χ0) is 15.9. The normalized spacial score (nSPS) is 10.9. The Labute approximate surface area is 140 Å². The summed E-state index contributed by atoms with van der Waals surface area (Å²) in [6.45, 7) is 1.77. The summed E-state index contributed by atoms with van der Waals surface area (Å²) >= 11 is 9.41. The Hall–Kier alpha value is -1.91. The molecule has 0 bridgehead atoms. The van der Waals surface area contributed by atoms with Gasteiger partial charge in [0.05, 0.1) is 16.8 Å². The van der Waals surface area contributed by atoms with E-state index in [0.29, 0.717) is 27.2 Å². The van der Waals surface area contributed by atoms with Crippen LogP contribution in [0.1, 0.15) is 15.9 Å². The number of hydrogen-bond donors (Lipinski definition) is 1. The van der Waals surface area contributed by atoms with Crippen LogP contribution in [-0.4, -0.2) is 16.1 Å². The maximum Gasteiger partial charge on any atom is 0.336 e. The molecule has 0 saturated carbocycles. The van der Waals surface area contributed by atoms with Crippen LogP contribution in [0, 0.1) is 6.92 Å². The number of aromatic carboxylic acids is 1. The molecule has 2 aromatic carbocycles. The van der Waals surface area contributed by atoms with E-state index in [1.807, 2.05) is 18.2 Å². The average Bonchev–Trinajstić information content (AvgIpc) is 2.46. The minimum atomic E-state index is -0.966. The van der Waals surface area contributed by atoms with Crippen molar-refractivity contribution in [3.8, 4) is 11.3 Å². The molecule has 3 aromatic rings. The number of aromatic nitrogens is 1. The number of hydrogen-bond acceptors (Lipinski definition) is 2. The number of fused-ring (bicyclic) bond motifs is 1. The van der Waals surface area contributed by atoms with Gasteiger partial charge in [0.2, 0.25) is 0 Å². The molecule has 1 N–H and O–H groups in total. The SMILES string of the molecule is Cc1c(-c2cccc(Cl)c2)nc2ccc(Br)cc2c1C(=O)O. The molecule has 0 spiro atoms. The first kappa shape index (κ1) is 15.0. The van der Waals surface area contributed by atoms with Crippen molar-refractivity contribution in [3.63, 3.8) is 0 Å². The highest BCUT2D eigenvalue weighted by atomic mass is 79.9. The van der Waals surface area contributed by atoms with E-state index in [0.717, 1.165) is 10.0 Å². The predicted octanol–water partition coefficient (Wildman–Crippen LogP) is 5.32. The van der Waals surface area contributed by atoms with Crippen molar-refractivity contribution in [2.24, 2.45) is 0 Å². The van der Waals surface area contributed by atoms with E-state index < -0.39 is 5.97 Å². The lowest BCUT2D eigenvalue weighted by molar-refractivity contribution is 0.0698. The van der Waals surface area contributed by atoms with Gasteiger partial charge in [-0.2, -0.15) is 0 Å². The fourth-order valence-corrected chi connectivity index (χ4v) is 3.07. The number of rotatable bonds is 2. The molecule has 5 heteroatoms. The summed E-state index contributed by atoms with van der Waals surface area (Å²) in [6, 6.07) is 12.7. The summed E-state index contributed by atoms with van der Waals surface area (Å²) in [5.74, 6) is -0.966. The fourth-order valence-electron chi connectivity index (χ4n) is 2.52. The molecule has 3 rings (SSSR count). The maximum absolute atomic E-state index is 11.7. The third-order valence-electron chi connectivity index (χ3n) is 3.50. The number of nitrogens with zero attached hydrogens (tertiary/aromatic N) is 1. The van der Waals surface area contributed by atoms with Crippen LogP contribution in [0.25, 0.3) is 22.2 Å². The Morgan fingerprint density at radius 3 is 2.68 bits per heavy atom. The summed E-state index contributed by atoms with van der Waals surface area (Å²) in [6.07, 6.45) is 0. The molecule has 0 atom stereocenters. The van der Waals surface area contributed by atoms with Crippen LogP contribution in [0.4, 0.5) is 0 Å². The minimum Gasteiger partial charge on any atom is -0.478 e. The minimum absolute atomic E-state index is 0.265. The van der Waals surface area contributed by atoms with Crippen molar-refractivity contribution >= 4 is 44.4 Å². The number of carboxylic acid groups (broad SMARTS) is 1. The second kappa shape index (κ2) is 5.71. The van der Waals surface area contributed by atoms with Crippen LogP contribution in [0.3, 0.4) is 0 Å². The van der Waals surface area contributed by atoms with Gasteiger partial charge in [0, 0.05) is 20.4 Å². The van der Waals surface area contributed by atoms with E-state index in [1.54, 1.807) is 31.2 Å². The zero-order valence-electron chi connectivity index (χ0n) is 11.6. The van der Waals surface area contributed by atoms with E-state index in [9.17, 15) is 9.90 Å². The maximum atomic E-state index is 11.7. The Bertz CT molecular complexity index is 909. The third-order valence-corrected chi connectivity index (χ3v) is 4.23. The van der Waals surface area contributed by atoms with Crippen LogP contribution >= 0.6 is 27.5 Å². The number of carboxylic acids is 1. The van der Waals surface area contributed by atoms with Crippen LogP contribution < -0.4 is 0 Å². The van der Waals surface area contributed by atoms with E-state index in [-0.39, 0.29) is 5.56 Å². The summed E-state index contributed by atoms with van der Waals surface area (Å²) in [4.78, 5) is 16.4. The Balaban J connectivity index is 2.40. The van der Waals surface area contributed by atoms with Crippen molar-refractivity contribution in [2.75, 3.05) is 0 Å². The van der Waals surface area contributed by atoms with Crippen molar-refractivity contribution in [2.45, 2.75) is 6.92 Å². The first-order chi connectivity index (χ1) is 10.5. The molecule has 0 radical (unpaired) electrons. The Morgan fingerprint density at radius 1 is 1.23 bits per heavy atom. The Kier molecular flexibility index (Phi) is 3.89. The molecular weight excluding hydrogens is 366 g/mol. The van der Waals surface area contributed by atoms with E-state index in [1.165, 1.54) is 0 Å². The molecule has 1 heterocycles. The van der Waals surface area contributed by atoms with Crippen molar-refractivity contribution in [3.05, 3.63) is 63.1 Å². The molecule has 0 aliphatic carbocycles. The number of carbonyl (C=O) groups is 1. The second-order valence-electron chi connectivity index (χ2n) is 4.94. The van der Waals surface area contributed by atoms with Gasteiger partial charge in [0.15, 0.2) is 0 Å². The summed E-state index contributed by atoms with van der Waals surface area (Å²) in [5.41, 5.74) is 2.97. The van der Waals surface area contributed by atoms with Crippen LogP contribution in [-0.2, 0) is 0 Å². The van der Waals surface area contributed by atoms with E-state index in [2.05, 4.69) is 20.9 Å². The van der Waals surface area contributed by atoms with Gasteiger partial charge in [-0.05, 0) is 42.8 Å². The second-order valence-corrected chi connectivity index (χ2v) is 6.29. The molecule has 3 nitrogen and oxygen atoms in total. The third kappa shape index (κ3) is 2.60. The van der Waals surface area contributed by atoms with Gasteiger partial charge >= 0.3 is 5.97 Å². The fraction of sp³-hybridized carbons (Fsp3) is 0.0588. The molecule has 0 aliphatic heterocycles. The molecular formula is C17H11BrClNO2. The standard InChI is InChI=1S/C17H11BrClNO2/c1-9-15(17(21)22)13-8-11(18)5-6-14(13)20-16(9)10-3-2-4-12(19)7-10/h2-8H,1H3,(H,21,22). The first-order valence-corrected chi connectivity index (χ1v) is 7.73. The molecule has 0 saturated heterocycles. The van der Waals surface area contributed by atoms with Crippen molar-refractivity contribution in [1.82, 2.24) is 4.98 Å². The number of pyridine rings is 1. The van der Waals surface area contributed by atoms with Gasteiger partial charge in [0.25, 0.3) is 0 Å². The molecule has 22 heavy (non-hydrogen) atoms. The average molecular weight is 377 g/mol. The largest absolute Gasteiger partial charge is 0.478 e. The van der Waals surface area contributed by atoms with E-state index in [4.69, 9.17) is 11.6 Å². The lowest BCUT2D eigenvalue weighted by Crippen LogP contribution is -2.05. The van der Waals surface area contributed by atoms with Gasteiger partial charge < -0.3 is 5.11 Å². The van der Waals surface area contributed by atoms with E-state index >= 15 is 0 Å². The molecule has 110 valence electrons. The Morgan fingerprint density at radius 2 is 2.00 bits per heavy atom. The van der Waals surface area contributed by atoms with Crippen molar-refractivity contribution < 1.29 is 9.90 Å². The molecule has 0 fully saturated rings. The summed E-state index contributed by atoms with van der Waals surface area (Å²) in [5, 5.41) is 10.8. The van der Waals surface area contributed by atoms with Gasteiger partial charge in [-0.15, -0.1) is 0 Å². The summed E-state index contributed by atoms with van der Waals surface area (Å²) < 4.78 is 0.819. The first-order valence-electron chi connectivity index (χ1n) is 6.56. The van der Waals surface area contributed by atoms with Gasteiger partial charge in [0.1, 0.15) is 0 Å². The van der Waals surface area contributed by atoms with Crippen LogP contribution in [0.2, 0.25) is 5.02 Å². The van der Waals surface area contributed by atoms with Gasteiger partial charge in [-0.25, -0.2) is 9.78 Å². The smallest absolute Gasteiger partial charge is 0.336 e. The number of benzene rings is 2. The van der Waals surface area contributed by atoms with Gasteiger partial charge in [-0.1, -0.05) is 39.7 Å². The molecule has 0 unspecified atom stereocenters. The van der Waals surface area contributed by atoms with Crippen molar-refractivity contribution in [1.29, 1.82) is 0 Å². The lowest BCUT2D eigenvalue weighted by Gasteiger charge is -2.12. The molecule has 0 aliphatic rings.